The molecular weight excluding hydrogens is 430 g/mol. The van der Waals surface area contributed by atoms with Crippen molar-refractivity contribution in [2.45, 2.75) is 45.4 Å². The van der Waals surface area contributed by atoms with Crippen LogP contribution >= 0.6 is 0 Å². The van der Waals surface area contributed by atoms with E-state index < -0.39 is 16.0 Å². The Morgan fingerprint density at radius 3 is 2.25 bits per heavy atom. The summed E-state index contributed by atoms with van der Waals surface area (Å²) in [5.74, 6) is -0.170. The lowest BCUT2D eigenvalue weighted by Crippen LogP contribution is -2.38. The quantitative estimate of drug-likeness (QED) is 0.664. The molecule has 0 atom stereocenters. The maximum absolute atomic E-state index is 13.4. The van der Waals surface area contributed by atoms with Gasteiger partial charge in [0.2, 0.25) is 0 Å². The van der Waals surface area contributed by atoms with E-state index in [1.54, 1.807) is 37.3 Å². The van der Waals surface area contributed by atoms with Crippen LogP contribution in [0.4, 0.5) is 5.69 Å². The van der Waals surface area contributed by atoms with Gasteiger partial charge in [0.25, 0.3) is 15.9 Å². The van der Waals surface area contributed by atoms with Crippen molar-refractivity contribution < 1.29 is 22.7 Å². The molecule has 1 N–H and O–H groups in total. The van der Waals surface area contributed by atoms with E-state index in [2.05, 4.69) is 11.6 Å². The first-order valence-corrected chi connectivity index (χ1v) is 12.3. The Kier molecular flexibility index (Phi) is 6.97. The number of ether oxygens (including phenoxy) is 1. The number of likely N-dealkylation sites (tertiary alicyclic amines) is 1. The first-order valence-electron chi connectivity index (χ1n) is 10.8. The van der Waals surface area contributed by atoms with Crippen molar-refractivity contribution in [2.75, 3.05) is 24.4 Å². The third-order valence-corrected chi connectivity index (χ3v) is 7.67. The van der Waals surface area contributed by atoms with E-state index in [0.717, 1.165) is 12.8 Å². The normalized spacial score (nSPS) is 15.0. The molecule has 1 aliphatic rings. The summed E-state index contributed by atoms with van der Waals surface area (Å²) in [5, 5.41) is 0. The van der Waals surface area contributed by atoms with Crippen LogP contribution in [0.3, 0.4) is 0 Å². The number of esters is 1. The SMILES string of the molecule is CCOC(=O)c1ccc(NS(=O)(=O)c2c(C(=O)N3CCC(C)CC3)c(C)n(C)c2C)cc1. The minimum Gasteiger partial charge on any atom is -0.462 e. The van der Waals surface area contributed by atoms with Gasteiger partial charge in [-0.05, 0) is 63.8 Å². The standard InChI is InChI=1S/C23H31N3O5S/c1-6-31-23(28)18-7-9-19(10-8-18)24-32(29,30)21-17(4)25(5)16(3)20(21)22(27)26-13-11-15(2)12-14-26/h7-10,15,24H,6,11-14H2,1-5H3. The van der Waals surface area contributed by atoms with E-state index in [-0.39, 0.29) is 23.0 Å². The van der Waals surface area contributed by atoms with Crippen LogP contribution in [0.15, 0.2) is 29.2 Å². The van der Waals surface area contributed by atoms with E-state index in [1.165, 1.54) is 24.3 Å². The Balaban J connectivity index is 1.93. The third kappa shape index (κ3) is 4.67. The molecule has 0 saturated carbocycles. The molecule has 1 aromatic carbocycles. The number of carbonyl (C=O) groups excluding carboxylic acids is 2. The fourth-order valence-electron chi connectivity index (χ4n) is 3.96. The molecule has 9 heteroatoms. The molecule has 1 aliphatic heterocycles. The Morgan fingerprint density at radius 1 is 1.09 bits per heavy atom. The van der Waals surface area contributed by atoms with Gasteiger partial charge in [-0.1, -0.05) is 6.92 Å². The van der Waals surface area contributed by atoms with Crippen molar-refractivity contribution >= 4 is 27.6 Å². The molecule has 2 heterocycles. The molecular formula is C23H31N3O5S. The molecule has 32 heavy (non-hydrogen) atoms. The Labute approximate surface area is 189 Å². The second-order valence-corrected chi connectivity index (χ2v) is 9.93. The maximum atomic E-state index is 13.4. The number of hydrogen-bond donors (Lipinski definition) is 1. The molecule has 1 saturated heterocycles. The average Bonchev–Trinajstić information content (AvgIpc) is 2.99. The van der Waals surface area contributed by atoms with Gasteiger partial charge in [0.15, 0.2) is 0 Å². The van der Waals surface area contributed by atoms with Gasteiger partial charge < -0.3 is 14.2 Å². The molecule has 1 fully saturated rings. The summed E-state index contributed by atoms with van der Waals surface area (Å²) in [6, 6.07) is 6.00. The van der Waals surface area contributed by atoms with Crippen LogP contribution < -0.4 is 4.72 Å². The summed E-state index contributed by atoms with van der Waals surface area (Å²) < 4.78 is 36.0. The fraction of sp³-hybridized carbons (Fsp3) is 0.478. The lowest BCUT2D eigenvalue weighted by Gasteiger charge is -2.30. The van der Waals surface area contributed by atoms with Gasteiger partial charge in [-0.2, -0.15) is 0 Å². The zero-order valence-corrected chi connectivity index (χ0v) is 20.1. The Morgan fingerprint density at radius 2 is 1.69 bits per heavy atom. The smallest absolute Gasteiger partial charge is 0.338 e. The van der Waals surface area contributed by atoms with E-state index in [4.69, 9.17) is 4.74 Å². The molecule has 1 aromatic heterocycles. The molecule has 2 aromatic rings. The van der Waals surface area contributed by atoms with Crippen molar-refractivity contribution in [3.8, 4) is 0 Å². The van der Waals surface area contributed by atoms with Crippen molar-refractivity contribution in [1.29, 1.82) is 0 Å². The predicted molar refractivity (Wildman–Crippen MR) is 122 cm³/mol. The van der Waals surface area contributed by atoms with Crippen LogP contribution in [0.25, 0.3) is 0 Å². The van der Waals surface area contributed by atoms with Crippen LogP contribution in [-0.4, -0.2) is 49.5 Å². The first kappa shape index (κ1) is 23.8. The number of nitrogens with one attached hydrogen (secondary N) is 1. The molecule has 3 rings (SSSR count). The minimum absolute atomic E-state index is 0.00408. The summed E-state index contributed by atoms with van der Waals surface area (Å²) in [5.41, 5.74) is 1.95. The van der Waals surface area contributed by atoms with Gasteiger partial charge in [-0.3, -0.25) is 9.52 Å². The van der Waals surface area contributed by atoms with Gasteiger partial charge in [0.05, 0.1) is 17.7 Å². The number of rotatable bonds is 6. The summed E-state index contributed by atoms with van der Waals surface area (Å²) in [6.07, 6.45) is 1.81. The van der Waals surface area contributed by atoms with Gasteiger partial charge in [0, 0.05) is 37.2 Å². The highest BCUT2D eigenvalue weighted by Crippen LogP contribution is 2.30. The molecule has 0 bridgehead atoms. The van der Waals surface area contributed by atoms with Crippen LogP contribution in [0.2, 0.25) is 0 Å². The molecule has 1 amide bonds. The van der Waals surface area contributed by atoms with Crippen molar-refractivity contribution in [2.24, 2.45) is 13.0 Å². The van der Waals surface area contributed by atoms with E-state index >= 15 is 0 Å². The number of anilines is 1. The zero-order chi connectivity index (χ0) is 23.6. The molecule has 174 valence electrons. The Hall–Kier alpha value is -2.81. The topological polar surface area (TPSA) is 97.7 Å². The first-order chi connectivity index (χ1) is 15.1. The molecule has 0 aliphatic carbocycles. The van der Waals surface area contributed by atoms with Crippen molar-refractivity contribution in [1.82, 2.24) is 9.47 Å². The van der Waals surface area contributed by atoms with E-state index in [1.807, 2.05) is 0 Å². The summed E-state index contributed by atoms with van der Waals surface area (Å²) in [4.78, 5) is 26.9. The molecule has 0 spiro atoms. The van der Waals surface area contributed by atoms with E-state index in [9.17, 15) is 18.0 Å². The summed E-state index contributed by atoms with van der Waals surface area (Å²) in [7, 11) is -2.29. The average molecular weight is 462 g/mol. The monoisotopic (exact) mass is 461 g/mol. The number of nitrogens with zero attached hydrogens (tertiary/aromatic N) is 2. The largest absolute Gasteiger partial charge is 0.462 e. The third-order valence-electron chi connectivity index (χ3n) is 6.13. The summed E-state index contributed by atoms with van der Waals surface area (Å²) in [6.45, 7) is 8.83. The van der Waals surface area contributed by atoms with Crippen molar-refractivity contribution in [3.05, 3.63) is 46.8 Å². The van der Waals surface area contributed by atoms with E-state index in [0.29, 0.717) is 41.6 Å². The lowest BCUT2D eigenvalue weighted by atomic mass is 9.98. The molecule has 8 nitrogen and oxygen atoms in total. The maximum Gasteiger partial charge on any atom is 0.338 e. The van der Waals surface area contributed by atoms with Gasteiger partial charge in [0.1, 0.15) is 4.90 Å². The second kappa shape index (κ2) is 9.36. The van der Waals surface area contributed by atoms with Crippen LogP contribution in [0, 0.1) is 19.8 Å². The van der Waals surface area contributed by atoms with Gasteiger partial charge in [-0.25, -0.2) is 13.2 Å². The second-order valence-electron chi connectivity index (χ2n) is 8.31. The predicted octanol–water partition coefficient (Wildman–Crippen LogP) is 3.49. The summed E-state index contributed by atoms with van der Waals surface area (Å²) >= 11 is 0. The molecule has 0 radical (unpaired) electrons. The number of carbonyl (C=O) groups is 2. The number of benzene rings is 1. The minimum atomic E-state index is -4.05. The zero-order valence-electron chi connectivity index (χ0n) is 19.3. The van der Waals surface area contributed by atoms with Crippen LogP contribution in [0.5, 0.6) is 0 Å². The number of sulfonamides is 1. The highest BCUT2D eigenvalue weighted by atomic mass is 32.2. The highest BCUT2D eigenvalue weighted by molar-refractivity contribution is 7.92. The number of piperidine rings is 1. The highest BCUT2D eigenvalue weighted by Gasteiger charge is 2.34. The Bertz CT molecular complexity index is 1110. The number of aromatic nitrogens is 1. The number of hydrogen-bond acceptors (Lipinski definition) is 5. The molecule has 0 unspecified atom stereocenters. The van der Waals surface area contributed by atoms with Crippen molar-refractivity contribution in [3.63, 3.8) is 0 Å². The van der Waals surface area contributed by atoms with Crippen LogP contribution in [0.1, 0.15) is 58.8 Å². The van der Waals surface area contributed by atoms with Gasteiger partial charge >= 0.3 is 5.97 Å². The number of amides is 1. The van der Waals surface area contributed by atoms with Gasteiger partial charge in [-0.15, -0.1) is 0 Å². The van der Waals surface area contributed by atoms with Crippen LogP contribution in [-0.2, 0) is 21.8 Å². The fourth-order valence-corrected chi connectivity index (χ4v) is 5.54. The lowest BCUT2D eigenvalue weighted by molar-refractivity contribution is 0.0526.